The number of anilines is 2. The van der Waals surface area contributed by atoms with E-state index in [-0.39, 0.29) is 17.4 Å². The number of nitrogens with one attached hydrogen (secondary N) is 1. The lowest BCUT2D eigenvalue weighted by Gasteiger charge is -2.35. The molecule has 1 saturated heterocycles. The van der Waals surface area contributed by atoms with Crippen molar-refractivity contribution in [3.63, 3.8) is 0 Å². The lowest BCUT2D eigenvalue weighted by Crippen LogP contribution is -2.48. The number of pyridine rings is 1. The van der Waals surface area contributed by atoms with Gasteiger partial charge in [-0.1, -0.05) is 6.07 Å². The number of carbonyl (C=O) groups is 2. The average molecular weight is 609 g/mol. The average Bonchev–Trinajstić information content (AvgIpc) is 2.97. The first kappa shape index (κ1) is 29.5. The molecule has 5 rings (SSSR count). The number of ketones is 1. The van der Waals surface area contributed by atoms with Gasteiger partial charge in [0.15, 0.2) is 5.78 Å². The van der Waals surface area contributed by atoms with Gasteiger partial charge >= 0.3 is 0 Å². The molecule has 222 valence electrons. The SMILES string of the molecule is CC(=O)/C=C/C(=O)N1CCN(c2ncnc3ccc(-c4cc(NS(=O)(=O)c5ccc(F)cc5F)c(=O)n(C)c4)cc23)CC1. The molecule has 1 aliphatic heterocycles. The lowest BCUT2D eigenvalue weighted by atomic mass is 10.0. The molecule has 14 heteroatoms. The molecule has 0 unspecified atom stereocenters. The molecule has 3 heterocycles. The van der Waals surface area contributed by atoms with Gasteiger partial charge in [0, 0.05) is 62.5 Å². The predicted octanol–water partition coefficient (Wildman–Crippen LogP) is 2.87. The Bertz CT molecular complexity index is 1950. The van der Waals surface area contributed by atoms with E-state index in [4.69, 9.17) is 0 Å². The number of aryl methyl sites for hydroxylation is 1. The molecule has 1 fully saturated rings. The minimum Gasteiger partial charge on any atom is -0.352 e. The van der Waals surface area contributed by atoms with Crippen LogP contribution in [0.4, 0.5) is 20.3 Å². The number of halogens is 2. The maximum atomic E-state index is 14.2. The first-order valence-electron chi connectivity index (χ1n) is 13.1. The van der Waals surface area contributed by atoms with Crippen LogP contribution in [0.25, 0.3) is 22.0 Å². The molecule has 1 aliphatic rings. The van der Waals surface area contributed by atoms with Crippen LogP contribution in [0.5, 0.6) is 0 Å². The van der Waals surface area contributed by atoms with E-state index in [9.17, 15) is 31.6 Å². The van der Waals surface area contributed by atoms with Gasteiger partial charge in [-0.15, -0.1) is 0 Å². The highest BCUT2D eigenvalue weighted by Gasteiger charge is 2.24. The summed E-state index contributed by atoms with van der Waals surface area (Å²) in [7, 11) is -3.11. The summed E-state index contributed by atoms with van der Waals surface area (Å²) in [5.41, 5.74) is 0.742. The van der Waals surface area contributed by atoms with E-state index in [1.165, 1.54) is 49.3 Å². The van der Waals surface area contributed by atoms with Gasteiger partial charge < -0.3 is 14.4 Å². The first-order valence-corrected chi connectivity index (χ1v) is 14.6. The van der Waals surface area contributed by atoms with Crippen molar-refractivity contribution in [2.24, 2.45) is 7.05 Å². The minimum absolute atomic E-state index is 0.208. The molecule has 1 N–H and O–H groups in total. The predicted molar refractivity (Wildman–Crippen MR) is 156 cm³/mol. The Labute approximate surface area is 245 Å². The Hall–Kier alpha value is -4.98. The van der Waals surface area contributed by atoms with Crippen LogP contribution in [0.2, 0.25) is 0 Å². The van der Waals surface area contributed by atoms with Crippen molar-refractivity contribution >= 4 is 44.1 Å². The smallest absolute Gasteiger partial charge is 0.274 e. The van der Waals surface area contributed by atoms with Crippen LogP contribution < -0.4 is 15.2 Å². The van der Waals surface area contributed by atoms with Crippen molar-refractivity contribution in [2.75, 3.05) is 35.8 Å². The second-order valence-corrected chi connectivity index (χ2v) is 11.6. The molecule has 0 radical (unpaired) electrons. The Morgan fingerprint density at radius 3 is 2.40 bits per heavy atom. The van der Waals surface area contributed by atoms with Crippen LogP contribution in [0.3, 0.4) is 0 Å². The molecule has 4 aromatic rings. The van der Waals surface area contributed by atoms with E-state index in [1.807, 2.05) is 11.0 Å². The van der Waals surface area contributed by atoms with Gasteiger partial charge in [-0.3, -0.25) is 19.1 Å². The number of carbonyl (C=O) groups excluding carboxylic acids is 2. The maximum absolute atomic E-state index is 14.2. The molecule has 0 atom stereocenters. The Balaban J connectivity index is 1.45. The Morgan fingerprint density at radius 1 is 0.953 bits per heavy atom. The van der Waals surface area contributed by atoms with Gasteiger partial charge in [-0.2, -0.15) is 0 Å². The summed E-state index contributed by atoms with van der Waals surface area (Å²) in [5, 5.41) is 0.695. The molecule has 2 aromatic heterocycles. The Kier molecular flexibility index (Phi) is 8.04. The van der Waals surface area contributed by atoms with E-state index < -0.39 is 32.1 Å². The van der Waals surface area contributed by atoms with E-state index in [1.54, 1.807) is 17.0 Å². The molecule has 43 heavy (non-hydrogen) atoms. The molecule has 11 nitrogen and oxygen atoms in total. The third-order valence-corrected chi connectivity index (χ3v) is 8.31. The molecule has 0 spiro atoms. The van der Waals surface area contributed by atoms with E-state index >= 15 is 0 Å². The van der Waals surface area contributed by atoms with E-state index in [0.717, 1.165) is 12.1 Å². The summed E-state index contributed by atoms with van der Waals surface area (Å²) in [6, 6.07) is 8.72. The van der Waals surface area contributed by atoms with Crippen molar-refractivity contribution < 1.29 is 26.8 Å². The number of allylic oxidation sites excluding steroid dienone is 1. The monoisotopic (exact) mass is 608 g/mol. The summed E-state index contributed by atoms with van der Waals surface area (Å²) in [6.45, 7) is 3.19. The number of hydrogen-bond donors (Lipinski definition) is 1. The van der Waals surface area contributed by atoms with Gasteiger partial charge in [0.25, 0.3) is 15.6 Å². The summed E-state index contributed by atoms with van der Waals surface area (Å²) in [4.78, 5) is 48.1. The first-order chi connectivity index (χ1) is 20.4. The molecule has 0 saturated carbocycles. The van der Waals surface area contributed by atoms with Crippen molar-refractivity contribution in [3.05, 3.63) is 89.1 Å². The number of nitrogens with zero attached hydrogens (tertiary/aromatic N) is 5. The molecule has 0 bridgehead atoms. The number of piperazine rings is 1. The van der Waals surface area contributed by atoms with Crippen LogP contribution in [0.1, 0.15) is 6.92 Å². The fourth-order valence-electron chi connectivity index (χ4n) is 4.74. The number of fused-ring (bicyclic) bond motifs is 1. The number of aromatic nitrogens is 3. The summed E-state index contributed by atoms with van der Waals surface area (Å²) >= 11 is 0. The third kappa shape index (κ3) is 6.28. The maximum Gasteiger partial charge on any atom is 0.274 e. The zero-order chi connectivity index (χ0) is 30.9. The van der Waals surface area contributed by atoms with Crippen molar-refractivity contribution in [3.8, 4) is 11.1 Å². The van der Waals surface area contributed by atoms with E-state index in [0.29, 0.717) is 60.1 Å². The third-order valence-electron chi connectivity index (χ3n) is 6.91. The van der Waals surface area contributed by atoms with Crippen molar-refractivity contribution in [1.82, 2.24) is 19.4 Å². The normalized spacial score (nSPS) is 14.0. The molecule has 1 amide bonds. The van der Waals surface area contributed by atoms with Gasteiger partial charge in [0.05, 0.1) is 5.52 Å². The van der Waals surface area contributed by atoms with Crippen LogP contribution in [-0.4, -0.2) is 65.7 Å². The number of rotatable bonds is 7. The van der Waals surface area contributed by atoms with Crippen molar-refractivity contribution in [1.29, 1.82) is 0 Å². The van der Waals surface area contributed by atoms with Crippen molar-refractivity contribution in [2.45, 2.75) is 11.8 Å². The van der Waals surface area contributed by atoms with Crippen LogP contribution >= 0.6 is 0 Å². The van der Waals surface area contributed by atoms with Crippen LogP contribution in [0, 0.1) is 11.6 Å². The fraction of sp³-hybridized carbons (Fsp3) is 0.207. The second kappa shape index (κ2) is 11.7. The van der Waals surface area contributed by atoms with Gasteiger partial charge in [0.2, 0.25) is 5.91 Å². The van der Waals surface area contributed by atoms with Crippen LogP contribution in [0.15, 0.2) is 76.8 Å². The van der Waals surface area contributed by atoms with E-state index in [2.05, 4.69) is 14.7 Å². The highest BCUT2D eigenvalue weighted by molar-refractivity contribution is 7.92. The quantitative estimate of drug-likeness (QED) is 0.317. The summed E-state index contributed by atoms with van der Waals surface area (Å²) in [6.07, 6.45) is 5.48. The van der Waals surface area contributed by atoms with Gasteiger partial charge in [-0.25, -0.2) is 27.2 Å². The summed E-state index contributed by atoms with van der Waals surface area (Å²) < 4.78 is 56.7. The molecule has 2 aromatic carbocycles. The zero-order valence-corrected chi connectivity index (χ0v) is 23.9. The molecular formula is C29H26F2N6O5S. The summed E-state index contributed by atoms with van der Waals surface area (Å²) in [5.74, 6) is -2.05. The number of sulfonamides is 1. The molecular weight excluding hydrogens is 582 g/mol. The number of amides is 1. The Morgan fingerprint density at radius 2 is 1.70 bits per heavy atom. The van der Waals surface area contributed by atoms with Crippen LogP contribution in [-0.2, 0) is 26.7 Å². The fourth-order valence-corrected chi connectivity index (χ4v) is 5.85. The van der Waals surface area contributed by atoms with Gasteiger partial charge in [0.1, 0.15) is 34.4 Å². The number of benzene rings is 2. The van der Waals surface area contributed by atoms with Gasteiger partial charge in [-0.05, 0) is 48.9 Å². The second-order valence-electron chi connectivity index (χ2n) is 9.92. The largest absolute Gasteiger partial charge is 0.352 e. The lowest BCUT2D eigenvalue weighted by molar-refractivity contribution is -0.126. The topological polar surface area (TPSA) is 135 Å². The highest BCUT2D eigenvalue weighted by Crippen LogP contribution is 2.30. The number of hydrogen-bond acceptors (Lipinski definition) is 8. The molecule has 0 aliphatic carbocycles. The highest BCUT2D eigenvalue weighted by atomic mass is 32.2. The zero-order valence-electron chi connectivity index (χ0n) is 23.1. The minimum atomic E-state index is -4.55. The standard InChI is InChI=1S/C29H26F2N6O5S/c1-18(38)3-8-27(39)36-9-11-37(12-10-36)28-22-13-19(4-6-24(22)32-17-33-28)20-14-25(29(40)35(2)16-20)34-43(41,42)26-7-5-21(30)15-23(26)31/h3-8,13-17,34H,9-12H2,1-2H3/b8-3+.